The summed E-state index contributed by atoms with van der Waals surface area (Å²) in [4.78, 5) is 3.66. The zero-order valence-electron chi connectivity index (χ0n) is 7.30. The summed E-state index contributed by atoms with van der Waals surface area (Å²) >= 11 is 0. The minimum Gasteiger partial charge on any atom is -0.495 e. The molecule has 1 heterocycles. The van der Waals surface area contributed by atoms with Gasteiger partial charge < -0.3 is 17.7 Å². The topological polar surface area (TPSA) is 22.1 Å². The van der Waals surface area contributed by atoms with Crippen LogP contribution in [-0.2, 0) is 0 Å². The van der Waals surface area contributed by atoms with Gasteiger partial charge in [0.05, 0.1) is 13.3 Å². The number of ether oxygens (including phenoxy) is 1. The van der Waals surface area contributed by atoms with Crippen LogP contribution in [0.15, 0.2) is 18.3 Å². The van der Waals surface area contributed by atoms with E-state index < -0.39 is 6.98 Å². The number of hydrogen-bond donors (Lipinski definition) is 0. The van der Waals surface area contributed by atoms with E-state index in [-0.39, 0.29) is 5.69 Å². The second-order valence-corrected chi connectivity index (χ2v) is 2.43. The van der Waals surface area contributed by atoms with Crippen LogP contribution in [0, 0.1) is 11.7 Å². The number of hydrogen-bond acceptors (Lipinski definition) is 2. The van der Waals surface area contributed by atoms with Crippen molar-refractivity contribution in [2.45, 2.75) is 0 Å². The van der Waals surface area contributed by atoms with Gasteiger partial charge in [-0.2, -0.15) is 5.82 Å². The van der Waals surface area contributed by atoms with E-state index in [4.69, 9.17) is 4.74 Å². The van der Waals surface area contributed by atoms with Gasteiger partial charge in [0.1, 0.15) is 11.4 Å². The maximum Gasteiger partial charge on any atom is 0.558 e. The van der Waals surface area contributed by atoms with Crippen molar-refractivity contribution in [1.82, 2.24) is 4.98 Å². The summed E-state index contributed by atoms with van der Waals surface area (Å²) in [5.41, 5.74) is 0.0741. The summed E-state index contributed by atoms with van der Waals surface area (Å²) in [6, 6.07) is 2.87. The number of rotatable bonds is 1. The smallest absolute Gasteiger partial charge is 0.495 e. The quantitative estimate of drug-likeness (QED) is 0.509. The van der Waals surface area contributed by atoms with Crippen LogP contribution >= 0.6 is 0 Å². The Morgan fingerprint density at radius 3 is 2.50 bits per heavy atom. The van der Waals surface area contributed by atoms with E-state index in [1.54, 1.807) is 0 Å². The minimum atomic E-state index is -5.07. The van der Waals surface area contributed by atoms with Gasteiger partial charge in [0, 0.05) is 0 Å². The fraction of sp³-hybridized carbons (Fsp3) is 0.125. The van der Waals surface area contributed by atoms with Crippen molar-refractivity contribution in [3.05, 3.63) is 24.0 Å². The van der Waals surface area contributed by atoms with Gasteiger partial charge in [-0.3, -0.25) is 0 Å². The number of halogens is 3. The van der Waals surface area contributed by atoms with Crippen molar-refractivity contribution in [3.63, 3.8) is 0 Å². The first-order valence-corrected chi connectivity index (χ1v) is 3.74. The molecule has 0 unspecified atom stereocenters. The molecule has 0 fully saturated rings. The Morgan fingerprint density at radius 2 is 2.07 bits per heavy atom. The molecule has 0 bridgehead atoms. The monoisotopic (exact) mass is 200 g/mol. The fourth-order valence-electron chi connectivity index (χ4n) is 0.731. The van der Waals surface area contributed by atoms with Crippen molar-refractivity contribution in [2.75, 3.05) is 7.11 Å². The van der Waals surface area contributed by atoms with Crippen LogP contribution in [0.4, 0.5) is 12.9 Å². The van der Waals surface area contributed by atoms with E-state index in [1.165, 1.54) is 31.3 Å². The van der Waals surface area contributed by atoms with E-state index in [0.29, 0.717) is 5.75 Å². The van der Waals surface area contributed by atoms with Gasteiger partial charge in [-0.25, -0.2) is 4.98 Å². The highest BCUT2D eigenvalue weighted by Gasteiger charge is 2.18. The third kappa shape index (κ3) is 3.39. The molecule has 0 spiro atoms. The lowest BCUT2D eigenvalue weighted by Crippen LogP contribution is -2.10. The van der Waals surface area contributed by atoms with Crippen LogP contribution in [-0.4, -0.2) is 19.1 Å². The summed E-state index contributed by atoms with van der Waals surface area (Å²) in [7, 11) is 1.45. The average molecular weight is 200 g/mol. The molecule has 0 saturated heterocycles. The average Bonchev–Trinajstić information content (AvgIpc) is 2.14. The van der Waals surface area contributed by atoms with E-state index in [2.05, 4.69) is 4.98 Å². The predicted molar refractivity (Wildman–Crippen MR) is 46.7 cm³/mol. The maximum absolute atomic E-state index is 11.7. The highest BCUT2D eigenvalue weighted by molar-refractivity contribution is 6.67. The van der Waals surface area contributed by atoms with E-state index in [1.807, 2.05) is 5.92 Å². The molecule has 0 atom stereocenters. The Balaban J connectivity index is 2.82. The van der Waals surface area contributed by atoms with Gasteiger partial charge in [-0.1, -0.05) is 5.92 Å². The largest absolute Gasteiger partial charge is 0.558 e. The first kappa shape index (κ1) is 10.4. The third-order valence-electron chi connectivity index (χ3n) is 1.34. The number of pyridine rings is 1. The number of aromatic nitrogens is 1. The Kier molecular flexibility index (Phi) is 3.02. The highest BCUT2D eigenvalue weighted by Crippen LogP contribution is 2.08. The Hall–Kier alpha value is -1.64. The van der Waals surface area contributed by atoms with Gasteiger partial charge in [0.2, 0.25) is 0 Å². The molecule has 0 N–H and O–H groups in total. The van der Waals surface area contributed by atoms with Gasteiger partial charge in [0.25, 0.3) is 0 Å². The van der Waals surface area contributed by atoms with Crippen LogP contribution in [0.3, 0.4) is 0 Å². The highest BCUT2D eigenvalue weighted by atomic mass is 19.4. The summed E-state index contributed by atoms with van der Waals surface area (Å²) in [6.45, 7) is -5.07. The van der Waals surface area contributed by atoms with Crippen LogP contribution in [0.25, 0.3) is 0 Å². The molecule has 2 nitrogen and oxygen atoms in total. The molecule has 74 valence electrons. The summed E-state index contributed by atoms with van der Waals surface area (Å²) < 4.78 is 40.0. The first-order chi connectivity index (χ1) is 6.51. The van der Waals surface area contributed by atoms with Crippen LogP contribution < -0.4 is 4.74 Å². The number of nitrogens with zero attached hydrogens (tertiary/aromatic N) is 1. The van der Waals surface area contributed by atoms with Gasteiger partial charge >= 0.3 is 6.98 Å². The SMILES string of the molecule is COc1ccc(C#C[B-](F)(F)F)nc1. The van der Waals surface area contributed by atoms with E-state index in [0.717, 1.165) is 0 Å². The molecule has 0 radical (unpaired) electrons. The zero-order chi connectivity index (χ0) is 10.6. The van der Waals surface area contributed by atoms with Crippen molar-refractivity contribution >= 4 is 6.98 Å². The molecule has 0 aliphatic heterocycles. The molecule has 0 aliphatic rings. The van der Waals surface area contributed by atoms with E-state index >= 15 is 0 Å². The van der Waals surface area contributed by atoms with Gasteiger partial charge in [-0.05, 0) is 12.1 Å². The number of methoxy groups -OCH3 is 1. The van der Waals surface area contributed by atoms with Crippen molar-refractivity contribution < 1.29 is 17.7 Å². The lowest BCUT2D eigenvalue weighted by atomic mass is 9.94. The first-order valence-electron chi connectivity index (χ1n) is 3.74. The second-order valence-electron chi connectivity index (χ2n) is 2.43. The van der Waals surface area contributed by atoms with Crippen LogP contribution in [0.1, 0.15) is 5.69 Å². The van der Waals surface area contributed by atoms with Crippen molar-refractivity contribution in [1.29, 1.82) is 0 Å². The fourth-order valence-corrected chi connectivity index (χ4v) is 0.731. The molecule has 1 aromatic heterocycles. The summed E-state index contributed by atoms with van der Waals surface area (Å²) in [6.07, 6.45) is 1.31. The molecule has 0 aromatic carbocycles. The second kappa shape index (κ2) is 4.05. The predicted octanol–water partition coefficient (Wildman–Crippen LogP) is 1.83. The Labute approximate surface area is 79.2 Å². The zero-order valence-corrected chi connectivity index (χ0v) is 7.30. The third-order valence-corrected chi connectivity index (χ3v) is 1.34. The molecule has 1 aromatic rings. The Morgan fingerprint density at radius 1 is 1.36 bits per heavy atom. The molecule has 0 amide bonds. The normalized spacial score (nSPS) is 10.3. The molecule has 0 aliphatic carbocycles. The summed E-state index contributed by atoms with van der Waals surface area (Å²) in [5, 5.41) is 0. The lowest BCUT2D eigenvalue weighted by molar-refractivity contribution is 0.413. The molecule has 1 rings (SSSR count). The maximum atomic E-state index is 11.7. The van der Waals surface area contributed by atoms with E-state index in [9.17, 15) is 12.9 Å². The standard InChI is InChI=1S/C8H6BF3NO/c1-14-8-3-2-7(13-6-8)4-5-9(10,11)12/h2-3,6H,1H3/q-1. The molecular weight excluding hydrogens is 194 g/mol. The summed E-state index contributed by atoms with van der Waals surface area (Å²) in [5.74, 6) is 3.59. The Bertz CT molecular complexity index is 363. The van der Waals surface area contributed by atoms with Gasteiger partial charge in [-0.15, -0.1) is 0 Å². The van der Waals surface area contributed by atoms with Crippen LogP contribution in [0.2, 0.25) is 0 Å². The van der Waals surface area contributed by atoms with Crippen LogP contribution in [0.5, 0.6) is 5.75 Å². The van der Waals surface area contributed by atoms with Crippen molar-refractivity contribution in [2.24, 2.45) is 0 Å². The molecule has 6 heteroatoms. The molecule has 0 saturated carbocycles. The van der Waals surface area contributed by atoms with Crippen molar-refractivity contribution in [3.8, 4) is 17.5 Å². The minimum absolute atomic E-state index is 0.0741. The molecular formula is C8H6BF3NO-. The van der Waals surface area contributed by atoms with Gasteiger partial charge in [0.15, 0.2) is 0 Å². The molecule has 14 heavy (non-hydrogen) atoms. The lowest BCUT2D eigenvalue weighted by Gasteiger charge is -2.02.